The summed E-state index contributed by atoms with van der Waals surface area (Å²) in [6.45, 7) is 2.13. The van der Waals surface area contributed by atoms with Gasteiger partial charge in [-0.3, -0.25) is 0 Å². The van der Waals surface area contributed by atoms with Gasteiger partial charge in [0.15, 0.2) is 0 Å². The van der Waals surface area contributed by atoms with Crippen molar-refractivity contribution >= 4 is 0 Å². The van der Waals surface area contributed by atoms with Crippen molar-refractivity contribution in [2.24, 2.45) is 23.5 Å². The van der Waals surface area contributed by atoms with E-state index in [9.17, 15) is 0 Å². The van der Waals surface area contributed by atoms with E-state index in [0.717, 1.165) is 17.6 Å². The minimum Gasteiger partial charge on any atom is -0.497 e. The summed E-state index contributed by atoms with van der Waals surface area (Å²) in [4.78, 5) is 0. The average Bonchev–Trinajstić information content (AvgIpc) is 2.95. The van der Waals surface area contributed by atoms with Crippen molar-refractivity contribution in [3.05, 3.63) is 29.3 Å². The fraction of sp³-hybridized carbons (Fsp3) is 0.600. The van der Waals surface area contributed by atoms with Crippen LogP contribution in [-0.2, 0) is 0 Å². The van der Waals surface area contributed by atoms with Gasteiger partial charge in [-0.2, -0.15) is 0 Å². The van der Waals surface area contributed by atoms with E-state index in [4.69, 9.17) is 10.5 Å². The van der Waals surface area contributed by atoms with Gasteiger partial charge < -0.3 is 10.5 Å². The molecule has 0 radical (unpaired) electrons. The molecule has 3 atom stereocenters. The smallest absolute Gasteiger partial charge is 0.119 e. The number of hydrogen-bond donors (Lipinski definition) is 1. The van der Waals surface area contributed by atoms with E-state index < -0.39 is 0 Å². The van der Waals surface area contributed by atoms with Crippen LogP contribution in [0.25, 0.3) is 0 Å². The first kappa shape index (κ1) is 11.1. The standard InChI is InChI=1S/C15H21NO/c1-9-5-13(17-2)3-4-14(9)15(16)12-7-10-6-11(10)8-12/h3-5,10-12,15H,6-8,16H2,1-2H3. The summed E-state index contributed by atoms with van der Waals surface area (Å²) in [7, 11) is 1.71. The lowest BCUT2D eigenvalue weighted by atomic mass is 9.88. The van der Waals surface area contributed by atoms with E-state index in [1.54, 1.807) is 7.11 Å². The van der Waals surface area contributed by atoms with Gasteiger partial charge in [0, 0.05) is 6.04 Å². The molecule has 0 aliphatic heterocycles. The zero-order valence-corrected chi connectivity index (χ0v) is 10.6. The van der Waals surface area contributed by atoms with Gasteiger partial charge in [-0.05, 0) is 67.2 Å². The van der Waals surface area contributed by atoms with Gasteiger partial charge in [0.05, 0.1) is 7.11 Å². The summed E-state index contributed by atoms with van der Waals surface area (Å²) >= 11 is 0. The molecular formula is C15H21NO. The highest BCUT2D eigenvalue weighted by Crippen LogP contribution is 2.56. The van der Waals surface area contributed by atoms with Crippen LogP contribution >= 0.6 is 0 Å². The first-order valence-electron chi connectivity index (χ1n) is 6.59. The van der Waals surface area contributed by atoms with Crippen molar-refractivity contribution in [1.29, 1.82) is 0 Å². The van der Waals surface area contributed by atoms with Crippen molar-refractivity contribution in [2.75, 3.05) is 7.11 Å². The summed E-state index contributed by atoms with van der Waals surface area (Å²) in [6.07, 6.45) is 4.15. The lowest BCUT2D eigenvalue weighted by Gasteiger charge is -2.23. The summed E-state index contributed by atoms with van der Waals surface area (Å²) in [5.74, 6) is 3.63. The van der Waals surface area contributed by atoms with Crippen LogP contribution in [0.1, 0.15) is 36.4 Å². The summed E-state index contributed by atoms with van der Waals surface area (Å²) in [5.41, 5.74) is 9.00. The molecule has 0 spiro atoms. The number of rotatable bonds is 3. The quantitative estimate of drug-likeness (QED) is 0.867. The van der Waals surface area contributed by atoms with Gasteiger partial charge in [0.1, 0.15) is 5.75 Å². The summed E-state index contributed by atoms with van der Waals surface area (Å²) in [6, 6.07) is 6.47. The fourth-order valence-electron chi connectivity index (χ4n) is 3.46. The number of benzene rings is 1. The largest absolute Gasteiger partial charge is 0.497 e. The molecule has 17 heavy (non-hydrogen) atoms. The molecule has 0 amide bonds. The average molecular weight is 231 g/mol. The van der Waals surface area contributed by atoms with Crippen LogP contribution in [0.4, 0.5) is 0 Å². The van der Waals surface area contributed by atoms with Crippen LogP contribution < -0.4 is 10.5 Å². The summed E-state index contributed by atoms with van der Waals surface area (Å²) in [5, 5.41) is 0. The topological polar surface area (TPSA) is 35.2 Å². The van der Waals surface area contributed by atoms with Gasteiger partial charge in [-0.1, -0.05) is 6.07 Å². The Kier molecular flexibility index (Phi) is 2.62. The lowest BCUT2D eigenvalue weighted by molar-refractivity contribution is 0.399. The minimum atomic E-state index is 0.216. The molecule has 2 N–H and O–H groups in total. The maximum Gasteiger partial charge on any atom is 0.119 e. The molecule has 0 bridgehead atoms. The van der Waals surface area contributed by atoms with Crippen molar-refractivity contribution in [1.82, 2.24) is 0 Å². The first-order chi connectivity index (χ1) is 8.19. The molecule has 0 aromatic heterocycles. The lowest BCUT2D eigenvalue weighted by Crippen LogP contribution is -2.21. The van der Waals surface area contributed by atoms with Crippen molar-refractivity contribution in [3.8, 4) is 5.75 Å². The number of fused-ring (bicyclic) bond motifs is 1. The van der Waals surface area contributed by atoms with Crippen LogP contribution in [0, 0.1) is 24.7 Å². The predicted molar refractivity (Wildman–Crippen MR) is 69.0 cm³/mol. The van der Waals surface area contributed by atoms with Gasteiger partial charge in [0.25, 0.3) is 0 Å². The van der Waals surface area contributed by atoms with E-state index in [2.05, 4.69) is 19.1 Å². The second-order valence-corrected chi connectivity index (χ2v) is 5.74. The molecule has 92 valence electrons. The SMILES string of the molecule is COc1ccc(C(N)C2CC3CC3C2)c(C)c1. The van der Waals surface area contributed by atoms with Crippen molar-refractivity contribution in [2.45, 2.75) is 32.2 Å². The zero-order chi connectivity index (χ0) is 12.0. The maximum absolute atomic E-state index is 6.43. The number of hydrogen-bond acceptors (Lipinski definition) is 2. The molecule has 2 heteroatoms. The number of methoxy groups -OCH3 is 1. The molecule has 3 unspecified atom stereocenters. The van der Waals surface area contributed by atoms with Crippen molar-refractivity contribution < 1.29 is 4.74 Å². The monoisotopic (exact) mass is 231 g/mol. The van der Waals surface area contributed by atoms with E-state index in [0.29, 0.717) is 5.92 Å². The third kappa shape index (κ3) is 1.95. The third-order valence-electron chi connectivity index (χ3n) is 4.62. The Morgan fingerprint density at radius 3 is 2.53 bits per heavy atom. The fourth-order valence-corrected chi connectivity index (χ4v) is 3.46. The Bertz CT molecular complexity index is 419. The molecule has 2 aliphatic carbocycles. The van der Waals surface area contributed by atoms with Crippen LogP contribution in [0.5, 0.6) is 5.75 Å². The molecule has 2 nitrogen and oxygen atoms in total. The maximum atomic E-state index is 6.43. The second kappa shape index (κ2) is 4.02. The van der Waals surface area contributed by atoms with E-state index in [1.165, 1.54) is 30.4 Å². The highest BCUT2D eigenvalue weighted by Gasteiger charge is 2.47. The molecule has 3 rings (SSSR count). The van der Waals surface area contributed by atoms with Crippen LogP contribution in [0.3, 0.4) is 0 Å². The number of nitrogens with two attached hydrogens (primary N) is 1. The zero-order valence-electron chi connectivity index (χ0n) is 10.6. The Hall–Kier alpha value is -1.02. The van der Waals surface area contributed by atoms with E-state index in [-0.39, 0.29) is 6.04 Å². The highest BCUT2D eigenvalue weighted by molar-refractivity contribution is 5.37. The number of aryl methyl sites for hydroxylation is 1. The third-order valence-corrected chi connectivity index (χ3v) is 4.62. The van der Waals surface area contributed by atoms with Gasteiger partial charge in [0.2, 0.25) is 0 Å². The van der Waals surface area contributed by atoms with Crippen LogP contribution in [0.2, 0.25) is 0 Å². The van der Waals surface area contributed by atoms with E-state index in [1.807, 2.05) is 6.07 Å². The Balaban J connectivity index is 1.78. The second-order valence-electron chi connectivity index (χ2n) is 5.74. The Labute approximate surface area is 103 Å². The summed E-state index contributed by atoms with van der Waals surface area (Å²) < 4.78 is 5.24. The van der Waals surface area contributed by atoms with Crippen LogP contribution in [-0.4, -0.2) is 7.11 Å². The highest BCUT2D eigenvalue weighted by atomic mass is 16.5. The minimum absolute atomic E-state index is 0.216. The van der Waals surface area contributed by atoms with Crippen molar-refractivity contribution in [3.63, 3.8) is 0 Å². The molecule has 2 saturated carbocycles. The normalized spacial score (nSPS) is 32.1. The molecule has 1 aromatic rings. The van der Waals surface area contributed by atoms with Gasteiger partial charge >= 0.3 is 0 Å². The first-order valence-corrected chi connectivity index (χ1v) is 6.59. The predicted octanol–water partition coefficient (Wildman–Crippen LogP) is 3.05. The Morgan fingerprint density at radius 2 is 1.94 bits per heavy atom. The van der Waals surface area contributed by atoms with Crippen LogP contribution in [0.15, 0.2) is 18.2 Å². The molecule has 2 aliphatic rings. The Morgan fingerprint density at radius 1 is 1.24 bits per heavy atom. The van der Waals surface area contributed by atoms with Gasteiger partial charge in [-0.25, -0.2) is 0 Å². The molecule has 2 fully saturated rings. The molecule has 1 aromatic carbocycles. The molecular weight excluding hydrogens is 210 g/mol. The van der Waals surface area contributed by atoms with Gasteiger partial charge in [-0.15, -0.1) is 0 Å². The van der Waals surface area contributed by atoms with E-state index >= 15 is 0 Å². The molecule has 0 heterocycles. The number of ether oxygens (including phenoxy) is 1. The molecule has 0 saturated heterocycles.